The Morgan fingerprint density at radius 1 is 1.00 bits per heavy atom. The smallest absolute Gasteiger partial charge is 0.127 e. The van der Waals surface area contributed by atoms with Gasteiger partial charge in [0.1, 0.15) is 11.5 Å². The molecular weight excluding hydrogens is 248 g/mol. The van der Waals surface area contributed by atoms with Crippen molar-refractivity contribution >= 4 is 10.8 Å². The van der Waals surface area contributed by atoms with Crippen LogP contribution in [0.2, 0.25) is 0 Å². The molecule has 0 aliphatic heterocycles. The summed E-state index contributed by atoms with van der Waals surface area (Å²) >= 11 is 0. The number of phenols is 2. The van der Waals surface area contributed by atoms with Gasteiger partial charge in [-0.15, -0.1) is 0 Å². The number of benzene rings is 2. The second-order valence-electron chi connectivity index (χ2n) is 6.36. The minimum atomic E-state index is 0.419. The third kappa shape index (κ3) is 1.45. The zero-order valence-electron chi connectivity index (χ0n) is 11.8. The first-order chi connectivity index (χ1) is 9.70. The van der Waals surface area contributed by atoms with Crippen LogP contribution in [0.3, 0.4) is 0 Å². The lowest BCUT2D eigenvalue weighted by molar-refractivity contribution is 0.451. The van der Waals surface area contributed by atoms with Crippen LogP contribution in [-0.4, -0.2) is 10.2 Å². The summed E-state index contributed by atoms with van der Waals surface area (Å²) < 4.78 is 0. The van der Waals surface area contributed by atoms with Crippen molar-refractivity contribution in [3.8, 4) is 11.5 Å². The molecule has 2 aromatic rings. The van der Waals surface area contributed by atoms with Gasteiger partial charge in [-0.3, -0.25) is 0 Å². The number of fused-ring (bicyclic) bond motifs is 6. The Bertz CT molecular complexity index is 702. The van der Waals surface area contributed by atoms with E-state index in [9.17, 15) is 10.2 Å². The summed E-state index contributed by atoms with van der Waals surface area (Å²) in [5.41, 5.74) is 3.31. The van der Waals surface area contributed by atoms with E-state index in [1.54, 1.807) is 0 Å². The number of aryl methyl sites for hydroxylation is 1. The van der Waals surface area contributed by atoms with E-state index in [-0.39, 0.29) is 0 Å². The third-order valence-electron chi connectivity index (χ3n) is 5.18. The van der Waals surface area contributed by atoms with Crippen molar-refractivity contribution in [3.05, 3.63) is 34.9 Å². The number of hydrogen-bond donors (Lipinski definition) is 2. The first kappa shape index (κ1) is 12.1. The molecule has 1 fully saturated rings. The molecule has 104 valence electrons. The normalized spacial score (nSPS) is 23.4. The molecule has 0 heterocycles. The van der Waals surface area contributed by atoms with E-state index in [1.807, 2.05) is 6.07 Å². The van der Waals surface area contributed by atoms with Gasteiger partial charge in [-0.1, -0.05) is 25.5 Å². The SMILES string of the molecule is CCCc1ccc2c(O)c3c(c(O)c2c1)C1CCC3C1. The summed E-state index contributed by atoms with van der Waals surface area (Å²) in [4.78, 5) is 0. The second kappa shape index (κ2) is 4.15. The number of hydrogen-bond acceptors (Lipinski definition) is 2. The molecule has 0 saturated heterocycles. The van der Waals surface area contributed by atoms with Gasteiger partial charge in [-0.05, 0) is 49.1 Å². The number of phenolic OH excluding ortho intramolecular Hbond substituents is 2. The van der Waals surface area contributed by atoms with Crippen molar-refractivity contribution in [1.82, 2.24) is 0 Å². The topological polar surface area (TPSA) is 40.5 Å². The fourth-order valence-corrected chi connectivity index (χ4v) is 4.32. The van der Waals surface area contributed by atoms with E-state index in [4.69, 9.17) is 0 Å². The minimum absolute atomic E-state index is 0.419. The van der Waals surface area contributed by atoms with Crippen molar-refractivity contribution in [2.45, 2.75) is 50.9 Å². The fraction of sp³-hybridized carbons (Fsp3) is 0.444. The van der Waals surface area contributed by atoms with Gasteiger partial charge in [-0.25, -0.2) is 0 Å². The Kier molecular flexibility index (Phi) is 2.50. The molecule has 20 heavy (non-hydrogen) atoms. The standard InChI is InChI=1S/C18H20O2/c1-2-3-10-4-7-13-14(8-10)18(20)16-12-6-5-11(9-12)15(16)17(13)19/h4,7-8,11-12,19-20H,2-3,5-6,9H2,1H3. The average Bonchev–Trinajstić information content (AvgIpc) is 3.06. The van der Waals surface area contributed by atoms with Crippen LogP contribution in [0.15, 0.2) is 18.2 Å². The maximum absolute atomic E-state index is 10.7. The van der Waals surface area contributed by atoms with Gasteiger partial charge in [0.15, 0.2) is 0 Å². The number of rotatable bonds is 2. The lowest BCUT2D eigenvalue weighted by atomic mass is 9.87. The van der Waals surface area contributed by atoms with Gasteiger partial charge < -0.3 is 10.2 Å². The summed E-state index contributed by atoms with van der Waals surface area (Å²) in [6, 6.07) is 6.10. The van der Waals surface area contributed by atoms with Gasteiger partial charge in [0, 0.05) is 21.9 Å². The second-order valence-corrected chi connectivity index (χ2v) is 6.36. The Balaban J connectivity index is 2.02. The molecule has 2 aliphatic rings. The zero-order valence-corrected chi connectivity index (χ0v) is 11.8. The zero-order chi connectivity index (χ0) is 13.9. The van der Waals surface area contributed by atoms with Gasteiger partial charge in [0.05, 0.1) is 0 Å². The van der Waals surface area contributed by atoms with Crippen LogP contribution in [0.4, 0.5) is 0 Å². The van der Waals surface area contributed by atoms with Crippen molar-refractivity contribution in [3.63, 3.8) is 0 Å². The maximum atomic E-state index is 10.7. The predicted molar refractivity (Wildman–Crippen MR) is 80.6 cm³/mol. The number of aromatic hydroxyl groups is 2. The van der Waals surface area contributed by atoms with E-state index in [0.717, 1.165) is 54.0 Å². The van der Waals surface area contributed by atoms with Crippen LogP contribution in [-0.2, 0) is 6.42 Å². The van der Waals surface area contributed by atoms with Crippen molar-refractivity contribution in [2.24, 2.45) is 0 Å². The van der Waals surface area contributed by atoms with Crippen LogP contribution < -0.4 is 0 Å². The van der Waals surface area contributed by atoms with Crippen LogP contribution in [0.1, 0.15) is 61.1 Å². The lowest BCUT2D eigenvalue weighted by Gasteiger charge is -2.20. The van der Waals surface area contributed by atoms with E-state index < -0.39 is 0 Å². The summed E-state index contributed by atoms with van der Waals surface area (Å²) in [6.45, 7) is 2.16. The van der Waals surface area contributed by atoms with E-state index >= 15 is 0 Å². The first-order valence-electron chi connectivity index (χ1n) is 7.71. The highest BCUT2D eigenvalue weighted by Crippen LogP contribution is 2.60. The molecule has 2 aromatic carbocycles. The minimum Gasteiger partial charge on any atom is -0.507 e. The maximum Gasteiger partial charge on any atom is 0.127 e. The van der Waals surface area contributed by atoms with E-state index in [1.165, 1.54) is 5.56 Å². The molecule has 2 N–H and O–H groups in total. The molecule has 2 bridgehead atoms. The van der Waals surface area contributed by atoms with Gasteiger partial charge in [0.2, 0.25) is 0 Å². The predicted octanol–water partition coefficient (Wildman–Crippen LogP) is 4.57. The molecule has 0 amide bonds. The molecule has 2 aliphatic carbocycles. The van der Waals surface area contributed by atoms with Crippen LogP contribution in [0.25, 0.3) is 10.8 Å². The molecule has 2 nitrogen and oxygen atoms in total. The van der Waals surface area contributed by atoms with Gasteiger partial charge >= 0.3 is 0 Å². The summed E-state index contributed by atoms with van der Waals surface area (Å²) in [5.74, 6) is 1.77. The molecular formula is C18H20O2. The monoisotopic (exact) mass is 268 g/mol. The molecule has 0 aromatic heterocycles. The van der Waals surface area contributed by atoms with Crippen molar-refractivity contribution in [1.29, 1.82) is 0 Å². The highest BCUT2D eigenvalue weighted by molar-refractivity contribution is 5.97. The molecule has 0 spiro atoms. The van der Waals surface area contributed by atoms with Crippen LogP contribution >= 0.6 is 0 Å². The van der Waals surface area contributed by atoms with E-state index in [0.29, 0.717) is 23.3 Å². The molecule has 2 unspecified atom stereocenters. The Morgan fingerprint density at radius 2 is 1.65 bits per heavy atom. The van der Waals surface area contributed by atoms with Crippen LogP contribution in [0.5, 0.6) is 11.5 Å². The Hall–Kier alpha value is -1.70. The molecule has 0 radical (unpaired) electrons. The van der Waals surface area contributed by atoms with Crippen LogP contribution in [0, 0.1) is 0 Å². The first-order valence-corrected chi connectivity index (χ1v) is 7.71. The summed E-state index contributed by atoms with van der Waals surface area (Å²) in [6.07, 6.45) is 5.52. The van der Waals surface area contributed by atoms with Gasteiger partial charge in [-0.2, -0.15) is 0 Å². The molecule has 2 heteroatoms. The Morgan fingerprint density at radius 3 is 2.30 bits per heavy atom. The third-order valence-corrected chi connectivity index (χ3v) is 5.18. The summed E-state index contributed by atoms with van der Waals surface area (Å²) in [7, 11) is 0. The lowest BCUT2D eigenvalue weighted by Crippen LogP contribution is -2.00. The quantitative estimate of drug-likeness (QED) is 0.783. The van der Waals surface area contributed by atoms with E-state index in [2.05, 4.69) is 19.1 Å². The van der Waals surface area contributed by atoms with Crippen molar-refractivity contribution < 1.29 is 10.2 Å². The fourth-order valence-electron chi connectivity index (χ4n) is 4.32. The summed E-state index contributed by atoms with van der Waals surface area (Å²) in [5, 5.41) is 23.0. The van der Waals surface area contributed by atoms with Crippen molar-refractivity contribution in [2.75, 3.05) is 0 Å². The largest absolute Gasteiger partial charge is 0.507 e. The molecule has 1 saturated carbocycles. The molecule has 2 atom stereocenters. The van der Waals surface area contributed by atoms with Gasteiger partial charge in [0.25, 0.3) is 0 Å². The Labute approximate surface area is 119 Å². The highest BCUT2D eigenvalue weighted by atomic mass is 16.3. The average molecular weight is 268 g/mol. The molecule has 4 rings (SSSR count). The highest BCUT2D eigenvalue weighted by Gasteiger charge is 2.41.